The zero-order valence-electron chi connectivity index (χ0n) is 8.71. The van der Waals surface area contributed by atoms with Gasteiger partial charge in [0.15, 0.2) is 5.69 Å². The number of halogens is 3. The van der Waals surface area contributed by atoms with E-state index >= 15 is 0 Å². The van der Waals surface area contributed by atoms with Crippen LogP contribution >= 0.6 is 11.6 Å². The highest BCUT2D eigenvalue weighted by Crippen LogP contribution is 2.30. The fraction of sp³-hybridized carbons (Fsp3) is 0.300. The summed E-state index contributed by atoms with van der Waals surface area (Å²) in [7, 11) is 0. The molecule has 7 heteroatoms. The third-order valence-electron chi connectivity index (χ3n) is 1.86. The Labute approximate surface area is 101 Å². The van der Waals surface area contributed by atoms with Gasteiger partial charge in [-0.1, -0.05) is 11.6 Å². The monoisotopic (exact) mass is 260 g/mol. The SMILES string of the molecule is CCOC(=O)c1c(C#N)ncc(C(F)F)c1Cl. The van der Waals surface area contributed by atoms with E-state index in [1.54, 1.807) is 13.0 Å². The number of nitriles is 1. The maximum Gasteiger partial charge on any atom is 0.342 e. The minimum Gasteiger partial charge on any atom is -0.462 e. The molecule has 0 aliphatic carbocycles. The van der Waals surface area contributed by atoms with Crippen molar-refractivity contribution in [3.63, 3.8) is 0 Å². The Morgan fingerprint density at radius 1 is 1.71 bits per heavy atom. The molecule has 0 saturated heterocycles. The minimum absolute atomic E-state index is 0.0406. The van der Waals surface area contributed by atoms with Crippen LogP contribution in [0.3, 0.4) is 0 Å². The number of rotatable bonds is 3. The van der Waals surface area contributed by atoms with Crippen molar-refractivity contribution in [1.82, 2.24) is 4.98 Å². The van der Waals surface area contributed by atoms with E-state index in [1.165, 1.54) is 0 Å². The van der Waals surface area contributed by atoms with Gasteiger partial charge < -0.3 is 4.74 Å². The van der Waals surface area contributed by atoms with Crippen LogP contribution in [0.25, 0.3) is 0 Å². The lowest BCUT2D eigenvalue weighted by Gasteiger charge is -2.09. The topological polar surface area (TPSA) is 63.0 Å². The molecule has 0 radical (unpaired) electrons. The maximum absolute atomic E-state index is 12.5. The van der Waals surface area contributed by atoms with Gasteiger partial charge >= 0.3 is 5.97 Å². The maximum atomic E-state index is 12.5. The highest BCUT2D eigenvalue weighted by molar-refractivity contribution is 6.34. The van der Waals surface area contributed by atoms with Crippen LogP contribution in [-0.4, -0.2) is 17.6 Å². The Morgan fingerprint density at radius 3 is 2.82 bits per heavy atom. The number of hydrogen-bond donors (Lipinski definition) is 0. The molecule has 0 spiro atoms. The van der Waals surface area contributed by atoms with Gasteiger partial charge in [-0.3, -0.25) is 0 Å². The van der Waals surface area contributed by atoms with Gasteiger partial charge in [0.25, 0.3) is 6.43 Å². The molecule has 1 aromatic heterocycles. The van der Waals surface area contributed by atoms with Crippen molar-refractivity contribution < 1.29 is 18.3 Å². The largest absolute Gasteiger partial charge is 0.462 e. The summed E-state index contributed by atoms with van der Waals surface area (Å²) in [5.74, 6) is -0.941. The van der Waals surface area contributed by atoms with E-state index in [0.717, 1.165) is 6.20 Å². The van der Waals surface area contributed by atoms with Crippen LogP contribution in [-0.2, 0) is 4.74 Å². The number of carbonyl (C=O) groups excluding carboxylic acids is 1. The fourth-order valence-corrected chi connectivity index (χ4v) is 1.43. The highest BCUT2D eigenvalue weighted by atomic mass is 35.5. The first-order valence-corrected chi connectivity index (χ1v) is 4.94. The molecule has 1 rings (SSSR count). The molecule has 0 amide bonds. The van der Waals surface area contributed by atoms with Gasteiger partial charge in [-0.05, 0) is 6.92 Å². The van der Waals surface area contributed by atoms with Gasteiger partial charge in [0.1, 0.15) is 11.6 Å². The van der Waals surface area contributed by atoms with Crippen LogP contribution in [0.15, 0.2) is 6.20 Å². The zero-order chi connectivity index (χ0) is 13.0. The van der Waals surface area contributed by atoms with Crippen molar-refractivity contribution in [2.45, 2.75) is 13.3 Å². The van der Waals surface area contributed by atoms with E-state index in [9.17, 15) is 13.6 Å². The summed E-state index contributed by atoms with van der Waals surface area (Å²) in [6, 6.07) is 1.60. The Hall–Kier alpha value is -1.74. The average Bonchev–Trinajstić information content (AvgIpc) is 2.27. The summed E-state index contributed by atoms with van der Waals surface area (Å²) in [6.07, 6.45) is -2.11. The van der Waals surface area contributed by atoms with E-state index in [2.05, 4.69) is 9.72 Å². The van der Waals surface area contributed by atoms with Crippen molar-refractivity contribution in [2.75, 3.05) is 6.61 Å². The van der Waals surface area contributed by atoms with Gasteiger partial charge in [-0.2, -0.15) is 5.26 Å². The van der Waals surface area contributed by atoms with E-state index < -0.39 is 28.5 Å². The first-order chi connectivity index (χ1) is 8.02. The quantitative estimate of drug-likeness (QED) is 0.784. The smallest absolute Gasteiger partial charge is 0.342 e. The predicted molar refractivity (Wildman–Crippen MR) is 54.9 cm³/mol. The second-order valence-corrected chi connectivity index (χ2v) is 3.26. The van der Waals surface area contributed by atoms with Crippen molar-refractivity contribution in [3.8, 4) is 6.07 Å². The Kier molecular flexibility index (Phi) is 4.35. The zero-order valence-corrected chi connectivity index (χ0v) is 9.46. The fourth-order valence-electron chi connectivity index (χ4n) is 1.13. The predicted octanol–water partition coefficient (Wildman–Crippen LogP) is 2.72. The normalized spacial score (nSPS) is 10.1. The third kappa shape index (κ3) is 2.68. The van der Waals surface area contributed by atoms with Gasteiger partial charge in [-0.15, -0.1) is 0 Å². The molecular weight excluding hydrogens is 254 g/mol. The van der Waals surface area contributed by atoms with Crippen molar-refractivity contribution in [1.29, 1.82) is 5.26 Å². The summed E-state index contributed by atoms with van der Waals surface area (Å²) in [6.45, 7) is 1.58. The van der Waals surface area contributed by atoms with Crippen molar-refractivity contribution >= 4 is 17.6 Å². The van der Waals surface area contributed by atoms with Crippen molar-refractivity contribution in [3.05, 3.63) is 28.0 Å². The van der Waals surface area contributed by atoms with Gasteiger partial charge in [0.2, 0.25) is 0 Å². The number of carbonyl (C=O) groups is 1. The molecule has 0 aliphatic rings. The van der Waals surface area contributed by atoms with Crippen molar-refractivity contribution in [2.24, 2.45) is 0 Å². The number of nitrogens with zero attached hydrogens (tertiary/aromatic N) is 2. The minimum atomic E-state index is -2.88. The van der Waals surface area contributed by atoms with Crippen LogP contribution in [0.1, 0.15) is 35.0 Å². The molecule has 1 aromatic rings. The second-order valence-electron chi connectivity index (χ2n) is 2.88. The third-order valence-corrected chi connectivity index (χ3v) is 2.27. The lowest BCUT2D eigenvalue weighted by Crippen LogP contribution is -2.10. The number of pyridine rings is 1. The highest BCUT2D eigenvalue weighted by Gasteiger charge is 2.24. The molecule has 0 aromatic carbocycles. The molecule has 90 valence electrons. The Morgan fingerprint density at radius 2 is 2.35 bits per heavy atom. The molecule has 0 aliphatic heterocycles. The summed E-state index contributed by atoms with van der Waals surface area (Å²) >= 11 is 5.65. The summed E-state index contributed by atoms with van der Waals surface area (Å²) in [4.78, 5) is 14.9. The standard InChI is InChI=1S/C10H7ClF2N2O2/c1-2-17-10(16)7-6(3-14)15-4-5(8(7)11)9(12)13/h4,9H,2H2,1H3. The average molecular weight is 261 g/mol. The molecule has 0 N–H and O–H groups in total. The molecule has 0 bridgehead atoms. The Bertz CT molecular complexity index is 486. The van der Waals surface area contributed by atoms with E-state index in [-0.39, 0.29) is 12.3 Å². The molecule has 1 heterocycles. The number of ether oxygens (including phenoxy) is 1. The van der Waals surface area contributed by atoms with Crippen LogP contribution in [0.4, 0.5) is 8.78 Å². The van der Waals surface area contributed by atoms with Gasteiger partial charge in [-0.25, -0.2) is 18.6 Å². The number of esters is 1. The molecular formula is C10H7ClF2N2O2. The van der Waals surface area contributed by atoms with E-state index in [0.29, 0.717) is 0 Å². The lowest BCUT2D eigenvalue weighted by atomic mass is 10.1. The first-order valence-electron chi connectivity index (χ1n) is 4.56. The summed E-state index contributed by atoms with van der Waals surface area (Å²) in [5.41, 5.74) is -1.36. The summed E-state index contributed by atoms with van der Waals surface area (Å²) < 4.78 is 29.7. The van der Waals surface area contributed by atoms with E-state index in [1.807, 2.05) is 0 Å². The summed E-state index contributed by atoms with van der Waals surface area (Å²) in [5, 5.41) is 8.23. The van der Waals surface area contributed by atoms with Crippen LogP contribution in [0.5, 0.6) is 0 Å². The van der Waals surface area contributed by atoms with Gasteiger partial charge in [0, 0.05) is 6.20 Å². The lowest BCUT2D eigenvalue weighted by molar-refractivity contribution is 0.0525. The molecule has 17 heavy (non-hydrogen) atoms. The molecule has 0 unspecified atom stereocenters. The van der Waals surface area contributed by atoms with Crippen LogP contribution in [0.2, 0.25) is 5.02 Å². The first kappa shape index (κ1) is 13.3. The molecule has 4 nitrogen and oxygen atoms in total. The van der Waals surface area contributed by atoms with E-state index in [4.69, 9.17) is 16.9 Å². The number of hydrogen-bond acceptors (Lipinski definition) is 4. The second kappa shape index (κ2) is 5.55. The molecule has 0 fully saturated rings. The molecule has 0 atom stereocenters. The van der Waals surface area contributed by atoms with Gasteiger partial charge in [0.05, 0.1) is 17.2 Å². The Balaban J connectivity index is 3.39. The van der Waals surface area contributed by atoms with Crippen LogP contribution in [0, 0.1) is 11.3 Å². The van der Waals surface area contributed by atoms with Crippen LogP contribution < -0.4 is 0 Å². The number of alkyl halides is 2. The molecule has 0 saturated carbocycles. The number of aromatic nitrogens is 1.